The predicted molar refractivity (Wildman–Crippen MR) is 69.4 cm³/mol. The average molecular weight is 255 g/mol. The van der Waals surface area contributed by atoms with Crippen LogP contribution in [0.3, 0.4) is 0 Å². The van der Waals surface area contributed by atoms with Gasteiger partial charge in [-0.15, -0.1) is 0 Å². The maximum atomic E-state index is 10.1. The Morgan fingerprint density at radius 1 is 1.47 bits per heavy atom. The summed E-state index contributed by atoms with van der Waals surface area (Å²) < 4.78 is 5.55. The monoisotopic (exact) mass is 254 g/mol. The number of aryl methyl sites for hydroxylation is 1. The van der Waals surface area contributed by atoms with Gasteiger partial charge in [-0.05, 0) is 55.9 Å². The normalized spacial score (nSPS) is 21.7. The summed E-state index contributed by atoms with van der Waals surface area (Å²) in [4.78, 5) is 0. The van der Waals surface area contributed by atoms with Crippen LogP contribution in [0.15, 0.2) is 18.2 Å². The molecule has 0 aromatic heterocycles. The van der Waals surface area contributed by atoms with Crippen molar-refractivity contribution in [3.8, 4) is 0 Å². The minimum atomic E-state index is -0.434. The third kappa shape index (κ3) is 3.70. The lowest BCUT2D eigenvalue weighted by Gasteiger charge is -2.15. The molecule has 94 valence electrons. The largest absolute Gasteiger partial charge is 0.388 e. The number of benzene rings is 1. The summed E-state index contributed by atoms with van der Waals surface area (Å²) in [7, 11) is 0. The Balaban J connectivity index is 1.91. The molecule has 17 heavy (non-hydrogen) atoms. The van der Waals surface area contributed by atoms with E-state index < -0.39 is 6.10 Å². The van der Waals surface area contributed by atoms with E-state index in [2.05, 4.69) is 0 Å². The molecule has 0 amide bonds. The summed E-state index contributed by atoms with van der Waals surface area (Å²) in [5.74, 6) is 0. The Morgan fingerprint density at radius 3 is 2.94 bits per heavy atom. The van der Waals surface area contributed by atoms with Gasteiger partial charge in [0.05, 0.1) is 12.2 Å². The molecular formula is C14H19ClO2. The van der Waals surface area contributed by atoms with Crippen molar-refractivity contribution in [1.29, 1.82) is 0 Å². The number of ether oxygens (including phenoxy) is 1. The van der Waals surface area contributed by atoms with Crippen LogP contribution in [0.2, 0.25) is 5.02 Å². The minimum absolute atomic E-state index is 0.338. The third-order valence-electron chi connectivity index (χ3n) is 3.24. The Hall–Kier alpha value is -0.570. The maximum absolute atomic E-state index is 10.1. The first kappa shape index (κ1) is 12.9. The molecule has 0 spiro atoms. The van der Waals surface area contributed by atoms with Gasteiger partial charge in [-0.3, -0.25) is 0 Å². The molecule has 2 atom stereocenters. The lowest BCUT2D eigenvalue weighted by Crippen LogP contribution is -2.08. The van der Waals surface area contributed by atoms with E-state index >= 15 is 0 Å². The van der Waals surface area contributed by atoms with E-state index in [9.17, 15) is 5.11 Å². The van der Waals surface area contributed by atoms with E-state index in [4.69, 9.17) is 16.3 Å². The van der Waals surface area contributed by atoms with E-state index in [1.807, 2.05) is 25.1 Å². The zero-order valence-corrected chi connectivity index (χ0v) is 10.9. The van der Waals surface area contributed by atoms with Crippen molar-refractivity contribution in [2.75, 3.05) is 6.61 Å². The second-order valence-electron chi connectivity index (χ2n) is 4.79. The first-order chi connectivity index (χ1) is 8.15. The molecule has 0 radical (unpaired) electrons. The van der Waals surface area contributed by atoms with Crippen molar-refractivity contribution in [3.63, 3.8) is 0 Å². The highest BCUT2D eigenvalue weighted by atomic mass is 35.5. The fourth-order valence-corrected chi connectivity index (χ4v) is 2.64. The molecule has 1 N–H and O–H groups in total. The molecule has 2 rings (SSSR count). The third-order valence-corrected chi connectivity index (χ3v) is 3.45. The Bertz CT molecular complexity index is 352. The fraction of sp³-hybridized carbons (Fsp3) is 0.571. The van der Waals surface area contributed by atoms with Crippen LogP contribution in [-0.4, -0.2) is 17.8 Å². The van der Waals surface area contributed by atoms with Crippen molar-refractivity contribution in [3.05, 3.63) is 34.3 Å². The van der Waals surface area contributed by atoms with Crippen LogP contribution < -0.4 is 0 Å². The highest BCUT2D eigenvalue weighted by molar-refractivity contribution is 6.30. The number of halogens is 1. The maximum Gasteiger partial charge on any atom is 0.0791 e. The number of aliphatic hydroxyl groups excluding tert-OH is 1. The topological polar surface area (TPSA) is 29.5 Å². The molecule has 1 saturated heterocycles. The van der Waals surface area contributed by atoms with Crippen LogP contribution in [0, 0.1) is 6.92 Å². The molecule has 1 heterocycles. The first-order valence-electron chi connectivity index (χ1n) is 6.22. The van der Waals surface area contributed by atoms with E-state index in [0.29, 0.717) is 11.1 Å². The summed E-state index contributed by atoms with van der Waals surface area (Å²) in [6, 6.07) is 5.73. The standard InChI is InChI=1S/C14H19ClO2/c1-10-7-11(9-12(15)8-10)14(16)5-4-13-3-2-6-17-13/h7-9,13-14,16H,2-6H2,1H3. The van der Waals surface area contributed by atoms with Gasteiger partial charge >= 0.3 is 0 Å². The summed E-state index contributed by atoms with van der Waals surface area (Å²) in [5.41, 5.74) is 2.00. The zero-order valence-electron chi connectivity index (χ0n) is 10.2. The number of rotatable bonds is 4. The van der Waals surface area contributed by atoms with E-state index in [0.717, 1.165) is 43.4 Å². The molecule has 3 heteroatoms. The van der Waals surface area contributed by atoms with Crippen LogP contribution in [0.1, 0.15) is 42.9 Å². The molecular weight excluding hydrogens is 236 g/mol. The molecule has 0 bridgehead atoms. The minimum Gasteiger partial charge on any atom is -0.388 e. The zero-order chi connectivity index (χ0) is 12.3. The SMILES string of the molecule is Cc1cc(Cl)cc(C(O)CCC2CCCO2)c1. The molecule has 1 aliphatic rings. The summed E-state index contributed by atoms with van der Waals surface area (Å²) in [6.45, 7) is 2.86. The summed E-state index contributed by atoms with van der Waals surface area (Å²) in [6.07, 6.45) is 3.84. The number of hydrogen-bond acceptors (Lipinski definition) is 2. The molecule has 1 aromatic rings. The first-order valence-corrected chi connectivity index (χ1v) is 6.59. The molecule has 1 fully saturated rings. The van der Waals surface area contributed by atoms with Crippen LogP contribution in [0.4, 0.5) is 0 Å². The lowest BCUT2D eigenvalue weighted by molar-refractivity contribution is 0.0812. The van der Waals surface area contributed by atoms with Crippen LogP contribution in [-0.2, 0) is 4.74 Å². The van der Waals surface area contributed by atoms with Gasteiger partial charge in [0, 0.05) is 11.6 Å². The summed E-state index contributed by atoms with van der Waals surface area (Å²) in [5, 5.41) is 10.8. The molecule has 1 aromatic carbocycles. The van der Waals surface area contributed by atoms with Crippen molar-refractivity contribution in [2.45, 2.75) is 44.8 Å². The second-order valence-corrected chi connectivity index (χ2v) is 5.23. The Labute approximate surface area is 108 Å². The predicted octanol–water partition coefficient (Wildman–Crippen LogP) is 3.64. The highest BCUT2D eigenvalue weighted by Crippen LogP contribution is 2.26. The van der Waals surface area contributed by atoms with Crippen molar-refractivity contribution in [2.24, 2.45) is 0 Å². The van der Waals surface area contributed by atoms with Crippen molar-refractivity contribution in [1.82, 2.24) is 0 Å². The van der Waals surface area contributed by atoms with Gasteiger partial charge < -0.3 is 9.84 Å². The van der Waals surface area contributed by atoms with Gasteiger partial charge in [0.1, 0.15) is 0 Å². The smallest absolute Gasteiger partial charge is 0.0791 e. The fourth-order valence-electron chi connectivity index (χ4n) is 2.34. The lowest BCUT2D eigenvalue weighted by atomic mass is 10.0. The van der Waals surface area contributed by atoms with Gasteiger partial charge in [-0.1, -0.05) is 17.7 Å². The Kier molecular flexibility index (Phi) is 4.43. The van der Waals surface area contributed by atoms with E-state index in [1.54, 1.807) is 0 Å². The van der Waals surface area contributed by atoms with Crippen LogP contribution in [0.5, 0.6) is 0 Å². The van der Waals surface area contributed by atoms with E-state index in [1.165, 1.54) is 0 Å². The van der Waals surface area contributed by atoms with Gasteiger partial charge in [0.25, 0.3) is 0 Å². The quantitative estimate of drug-likeness (QED) is 0.889. The van der Waals surface area contributed by atoms with Gasteiger partial charge in [0.15, 0.2) is 0 Å². The van der Waals surface area contributed by atoms with Gasteiger partial charge in [0.2, 0.25) is 0 Å². The molecule has 2 nitrogen and oxygen atoms in total. The molecule has 1 aliphatic heterocycles. The number of aliphatic hydroxyl groups is 1. The van der Waals surface area contributed by atoms with Gasteiger partial charge in [-0.2, -0.15) is 0 Å². The molecule has 0 aliphatic carbocycles. The second kappa shape index (κ2) is 5.85. The van der Waals surface area contributed by atoms with E-state index in [-0.39, 0.29) is 0 Å². The Morgan fingerprint density at radius 2 is 2.29 bits per heavy atom. The van der Waals surface area contributed by atoms with Gasteiger partial charge in [-0.25, -0.2) is 0 Å². The average Bonchev–Trinajstić information content (AvgIpc) is 2.77. The molecule has 2 unspecified atom stereocenters. The molecule has 0 saturated carbocycles. The highest BCUT2D eigenvalue weighted by Gasteiger charge is 2.17. The summed E-state index contributed by atoms with van der Waals surface area (Å²) >= 11 is 5.99. The van der Waals surface area contributed by atoms with Crippen molar-refractivity contribution >= 4 is 11.6 Å². The van der Waals surface area contributed by atoms with Crippen LogP contribution in [0.25, 0.3) is 0 Å². The van der Waals surface area contributed by atoms with Crippen molar-refractivity contribution < 1.29 is 9.84 Å². The number of hydrogen-bond donors (Lipinski definition) is 1. The van der Waals surface area contributed by atoms with Crippen LogP contribution >= 0.6 is 11.6 Å².